The third kappa shape index (κ3) is 4.08. The molecule has 1 aliphatic heterocycles. The van der Waals surface area contributed by atoms with E-state index in [1.807, 2.05) is 30.6 Å². The number of para-hydroxylation sites is 4. The van der Waals surface area contributed by atoms with Crippen molar-refractivity contribution < 1.29 is 4.74 Å². The molecular weight excluding hydrogens is 711 g/mol. The van der Waals surface area contributed by atoms with Gasteiger partial charge in [-0.25, -0.2) is 4.98 Å². The minimum Gasteiger partial charge on any atom is -0.457 e. The molecule has 0 atom stereocenters. The Labute approximate surface area is 332 Å². The summed E-state index contributed by atoms with van der Waals surface area (Å²) in [5.74, 6) is 3.43. The summed E-state index contributed by atoms with van der Waals surface area (Å²) in [6.45, 7) is 0. The molecule has 0 saturated heterocycles. The molecule has 58 heavy (non-hydrogen) atoms. The minimum absolute atomic E-state index is 0.638. The maximum Gasteiger partial charge on any atom is 0.140 e. The summed E-state index contributed by atoms with van der Waals surface area (Å²) in [4.78, 5) is 15.2. The zero-order valence-corrected chi connectivity index (χ0v) is 31.0. The fourth-order valence-electron chi connectivity index (χ4n) is 9.97. The zero-order valence-electron chi connectivity index (χ0n) is 31.0. The molecule has 0 fully saturated rings. The highest BCUT2D eigenvalue weighted by molar-refractivity contribution is 6.11. The van der Waals surface area contributed by atoms with Crippen molar-refractivity contribution in [2.24, 2.45) is 0 Å². The summed E-state index contributed by atoms with van der Waals surface area (Å²) >= 11 is 0. The van der Waals surface area contributed by atoms with Gasteiger partial charge in [0.2, 0.25) is 0 Å². The van der Waals surface area contributed by atoms with Gasteiger partial charge in [-0.1, -0.05) is 103 Å². The van der Waals surface area contributed by atoms with Gasteiger partial charge < -0.3 is 4.74 Å². The van der Waals surface area contributed by atoms with Crippen LogP contribution in [-0.2, 0) is 5.41 Å². The van der Waals surface area contributed by atoms with Gasteiger partial charge in [-0.3, -0.25) is 19.1 Å². The van der Waals surface area contributed by atoms with E-state index in [1.54, 1.807) is 0 Å². The largest absolute Gasteiger partial charge is 0.457 e. The zero-order chi connectivity index (χ0) is 38.0. The van der Waals surface area contributed by atoms with Crippen molar-refractivity contribution in [2.75, 3.05) is 0 Å². The number of hydrogen-bond donors (Lipinski definition) is 0. The molecule has 1 spiro atoms. The van der Waals surface area contributed by atoms with Crippen molar-refractivity contribution in [3.8, 4) is 45.6 Å². The van der Waals surface area contributed by atoms with Crippen molar-refractivity contribution in [3.63, 3.8) is 0 Å². The maximum absolute atomic E-state index is 6.70. The molecule has 0 unspecified atom stereocenters. The minimum atomic E-state index is -0.638. The number of nitrogens with zero attached hydrogens (tertiary/aromatic N) is 5. The summed E-state index contributed by atoms with van der Waals surface area (Å²) in [5, 5.41) is 4.77. The molecule has 0 N–H and O–H groups in total. The van der Waals surface area contributed by atoms with Gasteiger partial charge in [0.15, 0.2) is 0 Å². The van der Waals surface area contributed by atoms with Crippen LogP contribution in [0.5, 0.6) is 11.5 Å². The van der Waals surface area contributed by atoms with E-state index in [2.05, 4.69) is 167 Å². The number of hydrogen-bond acceptors (Lipinski definition) is 4. The van der Waals surface area contributed by atoms with Crippen LogP contribution < -0.4 is 4.74 Å². The predicted octanol–water partition coefficient (Wildman–Crippen LogP) is 12.2. The van der Waals surface area contributed by atoms with E-state index >= 15 is 0 Å². The highest BCUT2D eigenvalue weighted by Crippen LogP contribution is 2.61. The first kappa shape index (κ1) is 31.4. The van der Waals surface area contributed by atoms with E-state index in [0.717, 1.165) is 95.4 Å². The van der Waals surface area contributed by atoms with Crippen LogP contribution in [0.15, 0.2) is 188 Å². The molecule has 6 nitrogen and oxygen atoms in total. The Hall–Kier alpha value is -7.83. The van der Waals surface area contributed by atoms with Gasteiger partial charge in [0.05, 0.1) is 38.9 Å². The van der Waals surface area contributed by atoms with Gasteiger partial charge in [-0.15, -0.1) is 0 Å². The topological polar surface area (TPSA) is 57.8 Å². The Balaban J connectivity index is 1.00. The summed E-state index contributed by atoms with van der Waals surface area (Å²) in [5.41, 5.74) is 12.3. The second kappa shape index (κ2) is 11.6. The van der Waals surface area contributed by atoms with E-state index in [-0.39, 0.29) is 0 Å². The van der Waals surface area contributed by atoms with Gasteiger partial charge in [0, 0.05) is 45.1 Å². The van der Waals surface area contributed by atoms with Crippen LogP contribution in [0, 0.1) is 0 Å². The molecule has 2 aliphatic rings. The smallest absolute Gasteiger partial charge is 0.140 e. The number of pyridine rings is 3. The Kier molecular flexibility index (Phi) is 6.28. The van der Waals surface area contributed by atoms with Crippen molar-refractivity contribution in [1.29, 1.82) is 0 Å². The molecule has 6 heterocycles. The monoisotopic (exact) mass is 741 g/mol. The molecule has 13 rings (SSSR count). The lowest BCUT2D eigenvalue weighted by atomic mass is 9.66. The average Bonchev–Trinajstić information content (AvgIpc) is 3.91. The quantitative estimate of drug-likeness (QED) is 0.181. The van der Waals surface area contributed by atoms with Crippen molar-refractivity contribution in [3.05, 3.63) is 211 Å². The molecule has 6 aromatic carbocycles. The first-order chi connectivity index (χ1) is 28.8. The molecule has 6 heteroatoms. The fraction of sp³-hybridized carbons (Fsp3) is 0.0192. The Morgan fingerprint density at radius 2 is 0.879 bits per heavy atom. The molecule has 0 bridgehead atoms. The summed E-state index contributed by atoms with van der Waals surface area (Å²) < 4.78 is 11.3. The first-order valence-corrected chi connectivity index (χ1v) is 19.6. The van der Waals surface area contributed by atoms with E-state index in [9.17, 15) is 0 Å². The number of benzene rings is 6. The lowest BCUT2D eigenvalue weighted by molar-refractivity contribution is 0.436. The molecule has 270 valence electrons. The van der Waals surface area contributed by atoms with Crippen molar-refractivity contribution in [2.45, 2.75) is 5.41 Å². The van der Waals surface area contributed by atoms with E-state index in [0.29, 0.717) is 0 Å². The van der Waals surface area contributed by atoms with E-state index in [1.165, 1.54) is 16.2 Å². The third-order valence-corrected chi connectivity index (χ3v) is 12.3. The summed E-state index contributed by atoms with van der Waals surface area (Å²) in [6.07, 6.45) is 3.72. The second-order valence-corrected chi connectivity index (χ2v) is 15.2. The maximum atomic E-state index is 6.70. The van der Waals surface area contributed by atoms with Crippen LogP contribution in [0.1, 0.15) is 22.3 Å². The van der Waals surface area contributed by atoms with Crippen LogP contribution in [-0.4, -0.2) is 24.1 Å². The highest BCUT2D eigenvalue weighted by atomic mass is 16.5. The molecule has 0 saturated carbocycles. The fourth-order valence-corrected chi connectivity index (χ4v) is 9.97. The molecule has 11 aromatic rings. The van der Waals surface area contributed by atoms with Crippen LogP contribution in [0.2, 0.25) is 0 Å². The van der Waals surface area contributed by atoms with Gasteiger partial charge in [-0.05, 0) is 95.1 Å². The SMILES string of the molecule is c1cc(-n2c3ccccc3c3ccccc32)nc(-n2c3ccccc3c3cc(-c4ccc5c(c4)C4(c6ccccc6O5)c5cccnc5-c5ncccc54)ccc32)c1. The van der Waals surface area contributed by atoms with Gasteiger partial charge >= 0.3 is 0 Å². The first-order valence-electron chi connectivity index (χ1n) is 19.6. The Bertz CT molecular complexity index is 3420. The average molecular weight is 742 g/mol. The van der Waals surface area contributed by atoms with Crippen LogP contribution in [0.25, 0.3) is 77.8 Å². The van der Waals surface area contributed by atoms with Gasteiger partial charge in [0.1, 0.15) is 23.1 Å². The number of aromatic nitrogens is 5. The number of fused-ring (bicyclic) bond motifs is 15. The van der Waals surface area contributed by atoms with Crippen LogP contribution >= 0.6 is 0 Å². The van der Waals surface area contributed by atoms with Gasteiger partial charge in [0.25, 0.3) is 0 Å². The number of ether oxygens (including phenoxy) is 1. The molecule has 0 amide bonds. The lowest BCUT2D eigenvalue weighted by Gasteiger charge is -2.39. The van der Waals surface area contributed by atoms with Crippen LogP contribution in [0.4, 0.5) is 0 Å². The predicted molar refractivity (Wildman–Crippen MR) is 231 cm³/mol. The summed E-state index contributed by atoms with van der Waals surface area (Å²) in [7, 11) is 0. The van der Waals surface area contributed by atoms with Crippen molar-refractivity contribution in [1.82, 2.24) is 24.1 Å². The van der Waals surface area contributed by atoms with Crippen molar-refractivity contribution >= 4 is 43.6 Å². The lowest BCUT2D eigenvalue weighted by Crippen LogP contribution is -2.32. The highest BCUT2D eigenvalue weighted by Gasteiger charge is 2.52. The third-order valence-electron chi connectivity index (χ3n) is 12.3. The molecule has 1 aliphatic carbocycles. The Morgan fingerprint density at radius 1 is 0.379 bits per heavy atom. The van der Waals surface area contributed by atoms with E-state index < -0.39 is 5.41 Å². The molecule has 0 radical (unpaired) electrons. The molecular formula is C52H31N5O. The van der Waals surface area contributed by atoms with Crippen LogP contribution in [0.3, 0.4) is 0 Å². The standard InChI is InChI=1S/C52H31N5O/c1-5-18-42-34(12-1)35-13-2-6-19-43(35)56(42)48-22-9-23-49(55-48)57-44-20-7-3-14-36(44)37-30-32(24-26-45(37)57)33-25-27-47-41(31-33)52(38-15-4-8-21-46(38)58-47)39-16-10-28-53-50(39)51-40(52)17-11-29-54-51/h1-31H. The Morgan fingerprint density at radius 3 is 1.53 bits per heavy atom. The van der Waals surface area contributed by atoms with E-state index in [4.69, 9.17) is 19.7 Å². The number of rotatable bonds is 3. The molecule has 5 aromatic heterocycles. The van der Waals surface area contributed by atoms with Gasteiger partial charge in [-0.2, -0.15) is 0 Å². The summed E-state index contributed by atoms with van der Waals surface area (Å²) in [6, 6.07) is 62.4. The second-order valence-electron chi connectivity index (χ2n) is 15.2. The normalized spacial score (nSPS) is 13.4.